The molecule has 0 heteroatoms. The molecule has 0 bridgehead atoms. The van der Waals surface area contributed by atoms with E-state index in [1.165, 1.54) is 11.1 Å². The van der Waals surface area contributed by atoms with Crippen molar-refractivity contribution >= 4 is 0 Å². The van der Waals surface area contributed by atoms with Crippen molar-refractivity contribution in [3.05, 3.63) is 48.0 Å². The van der Waals surface area contributed by atoms with E-state index in [1.54, 1.807) is 0 Å². The number of rotatable bonds is 3. The molecular formula is C13H18. The van der Waals surface area contributed by atoms with Crippen molar-refractivity contribution < 1.29 is 0 Å². The summed E-state index contributed by atoms with van der Waals surface area (Å²) in [7, 11) is 0. The Hall–Kier alpha value is -1.04. The zero-order valence-corrected chi connectivity index (χ0v) is 8.75. The first-order chi connectivity index (χ1) is 6.15. The maximum atomic E-state index is 3.88. The van der Waals surface area contributed by atoms with Gasteiger partial charge in [0.05, 0.1) is 0 Å². The second-order valence-electron chi connectivity index (χ2n) is 3.92. The van der Waals surface area contributed by atoms with Crippen LogP contribution in [0.15, 0.2) is 36.9 Å². The zero-order chi connectivity index (χ0) is 9.84. The van der Waals surface area contributed by atoms with Gasteiger partial charge < -0.3 is 0 Å². The molecule has 1 aromatic carbocycles. The van der Waals surface area contributed by atoms with Gasteiger partial charge in [-0.25, -0.2) is 0 Å². The molecule has 0 amide bonds. The fraction of sp³-hybridized carbons (Fsp3) is 0.385. The van der Waals surface area contributed by atoms with Gasteiger partial charge in [0.25, 0.3) is 0 Å². The summed E-state index contributed by atoms with van der Waals surface area (Å²) in [6.07, 6.45) is 2.04. The highest BCUT2D eigenvalue weighted by atomic mass is 14.1. The topological polar surface area (TPSA) is 0 Å². The van der Waals surface area contributed by atoms with Gasteiger partial charge in [0, 0.05) is 5.92 Å². The predicted octanol–water partition coefficient (Wildman–Crippen LogP) is 3.92. The first-order valence-corrected chi connectivity index (χ1v) is 4.84. The van der Waals surface area contributed by atoms with E-state index in [0.717, 1.165) is 0 Å². The van der Waals surface area contributed by atoms with Gasteiger partial charge in [-0.05, 0) is 18.4 Å². The lowest BCUT2D eigenvalue weighted by Crippen LogP contribution is -2.02. The molecule has 0 aliphatic carbocycles. The van der Waals surface area contributed by atoms with Crippen LogP contribution in [0.4, 0.5) is 0 Å². The summed E-state index contributed by atoms with van der Waals surface area (Å²) in [4.78, 5) is 0. The number of allylic oxidation sites excluding steroid dienone is 1. The maximum Gasteiger partial charge on any atom is 0.00383 e. The normalized spacial score (nSPS) is 12.9. The Labute approximate surface area is 81.3 Å². The Morgan fingerprint density at radius 1 is 1.15 bits per heavy atom. The van der Waals surface area contributed by atoms with E-state index >= 15 is 0 Å². The summed E-state index contributed by atoms with van der Waals surface area (Å²) in [5.74, 6) is 1.11. The van der Waals surface area contributed by atoms with Crippen molar-refractivity contribution in [1.29, 1.82) is 0 Å². The lowest BCUT2D eigenvalue weighted by molar-refractivity contribution is 0.579. The van der Waals surface area contributed by atoms with Gasteiger partial charge in [-0.2, -0.15) is 0 Å². The molecule has 70 valence electrons. The Morgan fingerprint density at radius 2 is 1.69 bits per heavy atom. The third-order valence-electron chi connectivity index (χ3n) is 2.43. The van der Waals surface area contributed by atoms with Crippen LogP contribution < -0.4 is 0 Å². The Balaban J connectivity index is 2.92. The minimum Gasteiger partial charge on any atom is -0.102 e. The van der Waals surface area contributed by atoms with Crippen LogP contribution in [-0.2, 0) is 0 Å². The summed E-state index contributed by atoms with van der Waals surface area (Å²) in [5, 5.41) is 0. The number of benzene rings is 1. The molecule has 13 heavy (non-hydrogen) atoms. The van der Waals surface area contributed by atoms with Gasteiger partial charge in [-0.1, -0.05) is 49.8 Å². The molecule has 1 aromatic rings. The molecule has 0 N–H and O–H groups in total. The molecule has 0 radical (unpaired) electrons. The van der Waals surface area contributed by atoms with Gasteiger partial charge in [0.2, 0.25) is 0 Å². The molecule has 1 unspecified atom stereocenters. The molecular weight excluding hydrogens is 156 g/mol. The molecule has 0 aliphatic heterocycles. The average molecular weight is 174 g/mol. The highest BCUT2D eigenvalue weighted by Gasteiger charge is 2.10. The third-order valence-corrected chi connectivity index (χ3v) is 2.43. The van der Waals surface area contributed by atoms with Crippen molar-refractivity contribution in [2.24, 2.45) is 5.92 Å². The van der Waals surface area contributed by atoms with Gasteiger partial charge in [-0.3, -0.25) is 0 Å². The molecule has 0 aromatic heterocycles. The molecule has 0 nitrogen and oxygen atoms in total. The van der Waals surface area contributed by atoms with Crippen LogP contribution in [0.3, 0.4) is 0 Å². The molecule has 0 heterocycles. The van der Waals surface area contributed by atoms with Crippen molar-refractivity contribution in [2.45, 2.75) is 26.7 Å². The maximum absolute atomic E-state index is 3.88. The minimum atomic E-state index is 0.487. The molecule has 0 spiro atoms. The van der Waals surface area contributed by atoms with Gasteiger partial charge in [-0.15, -0.1) is 6.58 Å². The second-order valence-corrected chi connectivity index (χ2v) is 3.92. The van der Waals surface area contributed by atoms with E-state index in [9.17, 15) is 0 Å². The van der Waals surface area contributed by atoms with Crippen molar-refractivity contribution in [2.75, 3.05) is 0 Å². The zero-order valence-electron chi connectivity index (χ0n) is 8.75. The number of hydrogen-bond acceptors (Lipinski definition) is 0. The van der Waals surface area contributed by atoms with Gasteiger partial charge >= 0.3 is 0 Å². The fourth-order valence-corrected chi connectivity index (χ4v) is 1.58. The average Bonchev–Trinajstić information content (AvgIpc) is 2.09. The van der Waals surface area contributed by atoms with E-state index in [1.807, 2.05) is 6.08 Å². The second kappa shape index (κ2) is 4.27. The monoisotopic (exact) mass is 174 g/mol. The van der Waals surface area contributed by atoms with Crippen molar-refractivity contribution in [3.63, 3.8) is 0 Å². The Kier molecular flexibility index (Phi) is 3.30. The predicted molar refractivity (Wildman–Crippen MR) is 59.0 cm³/mol. The van der Waals surface area contributed by atoms with Crippen LogP contribution in [0.25, 0.3) is 0 Å². The molecule has 0 saturated heterocycles. The van der Waals surface area contributed by atoms with Crippen LogP contribution in [-0.4, -0.2) is 0 Å². The smallest absolute Gasteiger partial charge is 0.00383 e. The van der Waals surface area contributed by atoms with Crippen LogP contribution in [0, 0.1) is 12.8 Å². The fourth-order valence-electron chi connectivity index (χ4n) is 1.58. The van der Waals surface area contributed by atoms with E-state index in [4.69, 9.17) is 0 Å². The van der Waals surface area contributed by atoms with Crippen LogP contribution >= 0.6 is 0 Å². The first-order valence-electron chi connectivity index (χ1n) is 4.84. The third kappa shape index (κ3) is 2.45. The van der Waals surface area contributed by atoms with Crippen LogP contribution in [0.5, 0.6) is 0 Å². The van der Waals surface area contributed by atoms with Gasteiger partial charge in [0.1, 0.15) is 0 Å². The van der Waals surface area contributed by atoms with Crippen LogP contribution in [0.2, 0.25) is 0 Å². The molecule has 0 aliphatic rings. The first kappa shape index (κ1) is 10.0. The van der Waals surface area contributed by atoms with E-state index < -0.39 is 0 Å². The number of aryl methyl sites for hydroxylation is 1. The number of hydrogen-bond donors (Lipinski definition) is 0. The van der Waals surface area contributed by atoms with E-state index in [-0.39, 0.29) is 0 Å². The SMILES string of the molecule is C=CC(c1ccc(C)cc1)C(C)C. The molecule has 0 fully saturated rings. The van der Waals surface area contributed by atoms with E-state index in [0.29, 0.717) is 11.8 Å². The minimum absolute atomic E-state index is 0.487. The summed E-state index contributed by atoms with van der Waals surface area (Å²) < 4.78 is 0. The molecule has 0 saturated carbocycles. The molecule has 1 atom stereocenters. The van der Waals surface area contributed by atoms with Crippen molar-refractivity contribution in [3.8, 4) is 0 Å². The quantitative estimate of drug-likeness (QED) is 0.609. The Morgan fingerprint density at radius 3 is 2.08 bits per heavy atom. The lowest BCUT2D eigenvalue weighted by Gasteiger charge is -2.16. The summed E-state index contributed by atoms with van der Waals surface area (Å²) in [6.45, 7) is 10.5. The highest BCUT2D eigenvalue weighted by molar-refractivity contribution is 5.27. The largest absolute Gasteiger partial charge is 0.102 e. The van der Waals surface area contributed by atoms with Crippen LogP contribution in [0.1, 0.15) is 30.9 Å². The molecule has 1 rings (SSSR count). The Bertz CT molecular complexity index is 267. The lowest BCUT2D eigenvalue weighted by atomic mass is 9.88. The standard InChI is InChI=1S/C13H18/c1-5-13(10(2)3)12-8-6-11(4)7-9-12/h5-10,13H,1H2,2-4H3. The summed E-state index contributed by atoms with van der Waals surface area (Å²) in [6, 6.07) is 8.71. The van der Waals surface area contributed by atoms with E-state index in [2.05, 4.69) is 51.6 Å². The van der Waals surface area contributed by atoms with Crippen molar-refractivity contribution in [1.82, 2.24) is 0 Å². The summed E-state index contributed by atoms with van der Waals surface area (Å²) >= 11 is 0. The van der Waals surface area contributed by atoms with Gasteiger partial charge in [0.15, 0.2) is 0 Å². The highest BCUT2D eigenvalue weighted by Crippen LogP contribution is 2.25. The summed E-state index contributed by atoms with van der Waals surface area (Å²) in [5.41, 5.74) is 2.69.